The number of H-pyrrole nitrogens is 2. The Balaban J connectivity index is 1.79. The third kappa shape index (κ3) is 6.72. The average molecular weight is 623 g/mol. The molecule has 11 heteroatoms. The van der Waals surface area contributed by atoms with Crippen molar-refractivity contribution in [1.82, 2.24) is 20.6 Å². The first-order valence-corrected chi connectivity index (χ1v) is 15.5. The Kier molecular flexibility index (Phi) is 9.98. The molecule has 6 N–H and O–H groups in total. The van der Waals surface area contributed by atoms with Crippen LogP contribution in [0, 0.1) is 31.6 Å². The van der Waals surface area contributed by atoms with E-state index in [0.717, 1.165) is 56.4 Å². The van der Waals surface area contributed by atoms with Crippen molar-refractivity contribution in [2.45, 2.75) is 78.9 Å². The number of nitrogens with one attached hydrogen (secondary N) is 4. The van der Waals surface area contributed by atoms with E-state index in [4.69, 9.17) is 0 Å². The standard InChI is InChI=1S/C33H42N4O6S/c1-7-20-15(2)25(36-33(20)43)12-23-16(3)21(8-10-29(38)39)26(34-23)14-27-22(9-11-30(40)41)17(4)24(35-27)13-28-31(19(6)44)18(5)32(42)37-28/h7,12-13,15,18-19,31,34-35,44H,8-11,14H2,1-6H3,(H,36,43)(H,37,42)(H,38,39)(H,40,41)/b20-7+,25-12-,28-13-/t15?,18-,19-,31+/m1/s1. The molecule has 2 aliphatic rings. The van der Waals surface area contributed by atoms with Crippen molar-refractivity contribution in [3.05, 3.63) is 68.1 Å². The summed E-state index contributed by atoms with van der Waals surface area (Å²) in [6, 6.07) is 0. The van der Waals surface area contributed by atoms with Gasteiger partial charge in [0.2, 0.25) is 5.91 Å². The molecule has 0 radical (unpaired) electrons. The van der Waals surface area contributed by atoms with Crippen LogP contribution in [0.25, 0.3) is 12.2 Å². The van der Waals surface area contributed by atoms with E-state index in [1.54, 1.807) is 0 Å². The predicted octanol–water partition coefficient (Wildman–Crippen LogP) is 4.68. The smallest absolute Gasteiger partial charge is 0.303 e. The van der Waals surface area contributed by atoms with Crippen LogP contribution in [0.1, 0.15) is 85.6 Å². The normalized spacial score (nSPS) is 23.5. The number of hydrogen-bond acceptors (Lipinski definition) is 5. The number of aromatic amines is 2. The zero-order chi connectivity index (χ0) is 32.5. The summed E-state index contributed by atoms with van der Waals surface area (Å²) in [5.41, 5.74) is 8.97. The van der Waals surface area contributed by atoms with Crippen LogP contribution in [0.4, 0.5) is 0 Å². The second-order valence-electron chi connectivity index (χ2n) is 11.9. The van der Waals surface area contributed by atoms with Gasteiger partial charge in [0, 0.05) is 82.0 Å². The molecule has 10 nitrogen and oxygen atoms in total. The third-order valence-electron chi connectivity index (χ3n) is 9.01. The maximum Gasteiger partial charge on any atom is 0.303 e. The fourth-order valence-corrected chi connectivity index (χ4v) is 6.88. The number of carbonyl (C=O) groups is 4. The van der Waals surface area contributed by atoms with Gasteiger partial charge < -0.3 is 30.8 Å². The van der Waals surface area contributed by atoms with Crippen molar-refractivity contribution in [2.75, 3.05) is 0 Å². The second-order valence-corrected chi connectivity index (χ2v) is 12.7. The number of carboxylic acid groups (broad SMARTS) is 2. The molecule has 4 rings (SSSR count). The Labute approximate surface area is 262 Å². The lowest BCUT2D eigenvalue weighted by molar-refractivity contribution is -0.138. The fourth-order valence-electron chi connectivity index (χ4n) is 6.46. The number of thiol groups is 1. The molecule has 2 saturated heterocycles. The van der Waals surface area contributed by atoms with Gasteiger partial charge >= 0.3 is 11.9 Å². The van der Waals surface area contributed by atoms with Crippen LogP contribution in [0.3, 0.4) is 0 Å². The molecule has 2 fully saturated rings. The number of carbonyl (C=O) groups excluding carboxylic acids is 2. The van der Waals surface area contributed by atoms with Gasteiger partial charge in [0.05, 0.1) is 0 Å². The molecule has 0 aromatic carbocycles. The summed E-state index contributed by atoms with van der Waals surface area (Å²) in [5.74, 6) is -2.42. The average Bonchev–Trinajstić information content (AvgIpc) is 3.59. The molecule has 0 saturated carbocycles. The maximum atomic E-state index is 12.5. The monoisotopic (exact) mass is 622 g/mol. The minimum Gasteiger partial charge on any atom is -0.481 e. The van der Waals surface area contributed by atoms with E-state index in [0.29, 0.717) is 24.8 Å². The van der Waals surface area contributed by atoms with Crippen LogP contribution >= 0.6 is 12.6 Å². The Bertz CT molecular complexity index is 1590. The highest BCUT2D eigenvalue weighted by Crippen LogP contribution is 2.35. The summed E-state index contributed by atoms with van der Waals surface area (Å²) in [4.78, 5) is 55.0. The number of aromatic nitrogens is 2. The van der Waals surface area contributed by atoms with E-state index in [1.165, 1.54) is 0 Å². The topological polar surface area (TPSA) is 164 Å². The first-order chi connectivity index (χ1) is 20.7. The summed E-state index contributed by atoms with van der Waals surface area (Å²) in [6.45, 7) is 11.5. The van der Waals surface area contributed by atoms with E-state index in [-0.39, 0.29) is 47.7 Å². The highest BCUT2D eigenvalue weighted by Gasteiger charge is 2.38. The van der Waals surface area contributed by atoms with E-state index < -0.39 is 11.9 Å². The molecule has 2 amide bonds. The van der Waals surface area contributed by atoms with Crippen LogP contribution < -0.4 is 10.6 Å². The Morgan fingerprint density at radius 3 is 1.82 bits per heavy atom. The summed E-state index contributed by atoms with van der Waals surface area (Å²) < 4.78 is 0. The summed E-state index contributed by atoms with van der Waals surface area (Å²) in [5, 5.41) is 24.8. The number of hydrogen-bond donors (Lipinski definition) is 7. The minimum absolute atomic E-state index is 0.0499. The van der Waals surface area contributed by atoms with Crippen molar-refractivity contribution in [1.29, 1.82) is 0 Å². The lowest BCUT2D eigenvalue weighted by atomic mass is 9.91. The maximum absolute atomic E-state index is 12.5. The lowest BCUT2D eigenvalue weighted by Crippen LogP contribution is -2.19. The second kappa shape index (κ2) is 13.3. The zero-order valence-electron chi connectivity index (χ0n) is 26.1. The van der Waals surface area contributed by atoms with Gasteiger partial charge in [-0.25, -0.2) is 0 Å². The molecule has 2 aromatic rings. The van der Waals surface area contributed by atoms with Crippen molar-refractivity contribution in [3.63, 3.8) is 0 Å². The molecule has 236 valence electrons. The molecule has 0 aliphatic carbocycles. The van der Waals surface area contributed by atoms with Crippen LogP contribution in [-0.2, 0) is 38.4 Å². The van der Waals surface area contributed by atoms with E-state index in [9.17, 15) is 29.4 Å². The number of allylic oxidation sites excluding steroid dienone is 3. The van der Waals surface area contributed by atoms with Gasteiger partial charge in [-0.2, -0.15) is 12.6 Å². The minimum atomic E-state index is -0.905. The van der Waals surface area contributed by atoms with E-state index in [1.807, 2.05) is 59.8 Å². The molecular formula is C33H42N4O6S. The largest absolute Gasteiger partial charge is 0.481 e. The first-order valence-electron chi connectivity index (χ1n) is 15.0. The van der Waals surface area contributed by atoms with Gasteiger partial charge in [0.15, 0.2) is 0 Å². The Hall–Kier alpha value is -3.99. The Morgan fingerprint density at radius 2 is 1.39 bits per heavy atom. The molecule has 44 heavy (non-hydrogen) atoms. The highest BCUT2D eigenvalue weighted by atomic mass is 32.1. The molecule has 2 aliphatic heterocycles. The third-order valence-corrected chi connectivity index (χ3v) is 9.33. The van der Waals surface area contributed by atoms with Crippen molar-refractivity contribution in [3.8, 4) is 0 Å². The van der Waals surface area contributed by atoms with Crippen LogP contribution in [-0.4, -0.2) is 49.2 Å². The summed E-state index contributed by atoms with van der Waals surface area (Å²) >= 11 is 4.63. The number of rotatable bonds is 11. The van der Waals surface area contributed by atoms with Gasteiger partial charge in [-0.1, -0.05) is 26.8 Å². The molecule has 4 atom stereocenters. The van der Waals surface area contributed by atoms with Gasteiger partial charge in [-0.15, -0.1) is 0 Å². The molecule has 1 unspecified atom stereocenters. The highest BCUT2D eigenvalue weighted by molar-refractivity contribution is 7.80. The first kappa shape index (κ1) is 32.9. The van der Waals surface area contributed by atoms with Gasteiger partial charge in [0.1, 0.15) is 0 Å². The lowest BCUT2D eigenvalue weighted by Gasteiger charge is -2.17. The summed E-state index contributed by atoms with van der Waals surface area (Å²) in [6.07, 6.45) is 6.54. The zero-order valence-corrected chi connectivity index (χ0v) is 26.9. The molecular weight excluding hydrogens is 580 g/mol. The number of carboxylic acids is 2. The van der Waals surface area contributed by atoms with Crippen LogP contribution in [0.5, 0.6) is 0 Å². The summed E-state index contributed by atoms with van der Waals surface area (Å²) in [7, 11) is 0. The SMILES string of the molecule is C/C=C1/C(=O)N/C(=C\c2[nH]c(Cc3[nH]c(/C=C4\NC(=O)[C@H](C)[C@H]4[C@@H](C)S)c(C)c3CCC(=O)O)c(CCC(=O)O)c2C)C1C. The number of aliphatic carboxylic acids is 2. The predicted molar refractivity (Wildman–Crippen MR) is 172 cm³/mol. The molecule has 0 spiro atoms. The van der Waals surface area contributed by atoms with Gasteiger partial charge in [0.25, 0.3) is 5.91 Å². The Morgan fingerprint density at radius 1 is 0.886 bits per heavy atom. The molecule has 0 bridgehead atoms. The van der Waals surface area contributed by atoms with E-state index in [2.05, 4.69) is 33.2 Å². The quantitative estimate of drug-likeness (QED) is 0.142. The van der Waals surface area contributed by atoms with Gasteiger partial charge in [-0.05, 0) is 68.0 Å². The van der Waals surface area contributed by atoms with Crippen LogP contribution in [0.2, 0.25) is 0 Å². The van der Waals surface area contributed by atoms with Gasteiger partial charge in [-0.3, -0.25) is 19.2 Å². The molecule has 4 heterocycles. The van der Waals surface area contributed by atoms with Crippen molar-refractivity contribution < 1.29 is 29.4 Å². The van der Waals surface area contributed by atoms with Crippen molar-refractivity contribution >= 4 is 48.5 Å². The fraction of sp³-hybridized carbons (Fsp3) is 0.455. The van der Waals surface area contributed by atoms with Crippen molar-refractivity contribution in [2.24, 2.45) is 17.8 Å². The molecule has 2 aromatic heterocycles. The van der Waals surface area contributed by atoms with E-state index >= 15 is 0 Å². The number of amides is 2. The van der Waals surface area contributed by atoms with Crippen LogP contribution in [0.15, 0.2) is 23.0 Å².